The van der Waals surface area contributed by atoms with E-state index in [0.29, 0.717) is 28.7 Å². The average molecular weight is 300 g/mol. The summed E-state index contributed by atoms with van der Waals surface area (Å²) in [5, 5.41) is 10.8. The number of methoxy groups -OCH3 is 1. The standard InChI is InChI=1S/C14H18ClNO4/c1-16(2)6-7-20-14-11(15)8-10(4-5-13(17)18)9-12(14)19-3/h4-5,8-9H,6-7H2,1-3H3,(H,17,18)/b5-4+. The van der Waals surface area contributed by atoms with Crippen LogP contribution in [0.25, 0.3) is 6.08 Å². The van der Waals surface area contributed by atoms with Gasteiger partial charge in [0.25, 0.3) is 0 Å². The van der Waals surface area contributed by atoms with E-state index >= 15 is 0 Å². The average Bonchev–Trinajstić information content (AvgIpc) is 2.37. The monoisotopic (exact) mass is 299 g/mol. The van der Waals surface area contributed by atoms with Crippen LogP contribution in [-0.4, -0.2) is 40.3 Å². The maximum Gasteiger partial charge on any atom is 0.180 e. The van der Waals surface area contributed by atoms with Gasteiger partial charge < -0.3 is 24.3 Å². The predicted molar refractivity (Wildman–Crippen MR) is 75.2 cm³/mol. The lowest BCUT2D eigenvalue weighted by atomic mass is 10.2. The summed E-state index contributed by atoms with van der Waals surface area (Å²) in [6.07, 6.45) is 2.32. The van der Waals surface area contributed by atoms with Crippen molar-refractivity contribution in [2.75, 3.05) is 34.4 Å². The lowest BCUT2D eigenvalue weighted by Crippen LogP contribution is -3.06. The predicted octanol–water partition coefficient (Wildman–Crippen LogP) is -0.365. The van der Waals surface area contributed by atoms with E-state index < -0.39 is 5.97 Å². The molecule has 0 aliphatic rings. The van der Waals surface area contributed by atoms with Crippen LogP contribution in [0.2, 0.25) is 5.02 Å². The van der Waals surface area contributed by atoms with Crippen LogP contribution in [0, 0.1) is 0 Å². The van der Waals surface area contributed by atoms with Gasteiger partial charge in [0, 0.05) is 0 Å². The number of benzene rings is 1. The summed E-state index contributed by atoms with van der Waals surface area (Å²) in [4.78, 5) is 11.7. The number of nitrogens with one attached hydrogen (secondary N) is 1. The Morgan fingerprint density at radius 2 is 2.15 bits per heavy atom. The minimum atomic E-state index is -1.27. The van der Waals surface area contributed by atoms with Crippen LogP contribution in [0.5, 0.6) is 11.5 Å². The van der Waals surface area contributed by atoms with Crippen LogP contribution in [0.15, 0.2) is 18.2 Å². The van der Waals surface area contributed by atoms with Gasteiger partial charge in [0.05, 0.1) is 32.2 Å². The Labute approximate surface area is 123 Å². The van der Waals surface area contributed by atoms with Crippen LogP contribution in [0.3, 0.4) is 0 Å². The second kappa shape index (κ2) is 7.77. The molecule has 1 N–H and O–H groups in total. The fraction of sp³-hybridized carbons (Fsp3) is 0.357. The Bertz CT molecular complexity index is 500. The van der Waals surface area contributed by atoms with E-state index in [9.17, 15) is 9.90 Å². The molecule has 0 saturated heterocycles. The first kappa shape index (κ1) is 16.3. The van der Waals surface area contributed by atoms with Crippen molar-refractivity contribution in [1.29, 1.82) is 0 Å². The van der Waals surface area contributed by atoms with Crippen LogP contribution in [0.4, 0.5) is 0 Å². The zero-order chi connectivity index (χ0) is 15.1. The van der Waals surface area contributed by atoms with Crippen LogP contribution in [0.1, 0.15) is 5.56 Å². The van der Waals surface area contributed by atoms with E-state index in [1.807, 2.05) is 14.1 Å². The normalized spacial score (nSPS) is 11.1. The molecule has 0 amide bonds. The number of carbonyl (C=O) groups excluding carboxylic acids is 1. The van der Waals surface area contributed by atoms with Gasteiger partial charge in [0.15, 0.2) is 11.5 Å². The molecule has 0 radical (unpaired) electrons. The van der Waals surface area contributed by atoms with Gasteiger partial charge in [0.1, 0.15) is 13.2 Å². The summed E-state index contributed by atoms with van der Waals surface area (Å²) in [7, 11) is 5.55. The van der Waals surface area contributed by atoms with Crippen molar-refractivity contribution in [3.05, 3.63) is 28.8 Å². The van der Waals surface area contributed by atoms with Crippen molar-refractivity contribution in [3.8, 4) is 11.5 Å². The molecule has 1 rings (SSSR count). The summed E-state index contributed by atoms with van der Waals surface area (Å²) in [5.41, 5.74) is 0.599. The summed E-state index contributed by atoms with van der Waals surface area (Å²) in [6, 6.07) is 3.27. The number of carbonyl (C=O) groups is 1. The molecule has 1 aromatic rings. The highest BCUT2D eigenvalue weighted by Gasteiger charge is 2.11. The van der Waals surface area contributed by atoms with E-state index in [1.54, 1.807) is 12.1 Å². The molecule has 20 heavy (non-hydrogen) atoms. The van der Waals surface area contributed by atoms with Crippen molar-refractivity contribution in [2.24, 2.45) is 0 Å². The molecule has 0 aliphatic heterocycles. The summed E-state index contributed by atoms with van der Waals surface area (Å²) in [5.74, 6) is -0.348. The molecular formula is C14H18ClNO4. The van der Waals surface area contributed by atoms with Crippen LogP contribution in [-0.2, 0) is 4.79 Å². The number of aliphatic carboxylic acids is 1. The first-order valence-electron chi connectivity index (χ1n) is 6.12. The Morgan fingerprint density at radius 1 is 1.45 bits per heavy atom. The second-order valence-corrected chi connectivity index (χ2v) is 4.90. The van der Waals surface area contributed by atoms with Crippen LogP contribution < -0.4 is 19.5 Å². The number of ether oxygens (including phenoxy) is 2. The molecule has 0 fully saturated rings. The molecule has 6 heteroatoms. The quantitative estimate of drug-likeness (QED) is 0.698. The molecule has 0 spiro atoms. The summed E-state index contributed by atoms with van der Waals surface area (Å²) < 4.78 is 10.8. The lowest BCUT2D eigenvalue weighted by Gasteiger charge is -2.14. The molecule has 0 atom stereocenters. The number of carboxylic acids is 1. The SMILES string of the molecule is COc1cc(/C=C/C(=O)[O-])cc(Cl)c1OCC[NH+](C)C. The molecular weight excluding hydrogens is 282 g/mol. The molecule has 0 bridgehead atoms. The maximum atomic E-state index is 10.4. The van der Waals surface area contributed by atoms with Crippen molar-refractivity contribution in [2.45, 2.75) is 0 Å². The second-order valence-electron chi connectivity index (χ2n) is 4.49. The zero-order valence-electron chi connectivity index (χ0n) is 11.7. The number of carboxylic acid groups (broad SMARTS) is 1. The van der Waals surface area contributed by atoms with Crippen molar-refractivity contribution in [1.82, 2.24) is 0 Å². The van der Waals surface area contributed by atoms with Gasteiger partial charge in [-0.1, -0.05) is 17.7 Å². The Balaban J connectivity index is 2.93. The molecule has 0 unspecified atom stereocenters. The smallest absolute Gasteiger partial charge is 0.180 e. The first-order valence-corrected chi connectivity index (χ1v) is 6.50. The fourth-order valence-electron chi connectivity index (χ4n) is 1.50. The highest BCUT2D eigenvalue weighted by molar-refractivity contribution is 6.32. The van der Waals surface area contributed by atoms with Crippen molar-refractivity contribution in [3.63, 3.8) is 0 Å². The zero-order valence-corrected chi connectivity index (χ0v) is 12.5. The molecule has 110 valence electrons. The fourth-order valence-corrected chi connectivity index (χ4v) is 1.77. The van der Waals surface area contributed by atoms with Crippen LogP contribution >= 0.6 is 11.6 Å². The summed E-state index contributed by atoms with van der Waals surface area (Å²) >= 11 is 6.14. The number of halogens is 1. The minimum Gasteiger partial charge on any atom is -0.545 e. The molecule has 1 aromatic carbocycles. The van der Waals surface area contributed by atoms with Crippen molar-refractivity contribution >= 4 is 23.6 Å². The highest BCUT2D eigenvalue weighted by atomic mass is 35.5. The van der Waals surface area contributed by atoms with E-state index in [4.69, 9.17) is 21.1 Å². The van der Waals surface area contributed by atoms with Gasteiger partial charge >= 0.3 is 0 Å². The third kappa shape index (κ3) is 5.11. The Morgan fingerprint density at radius 3 is 2.70 bits per heavy atom. The van der Waals surface area contributed by atoms with Gasteiger partial charge in [-0.2, -0.15) is 0 Å². The van der Waals surface area contributed by atoms with E-state index in [0.717, 1.165) is 12.6 Å². The Kier molecular flexibility index (Phi) is 6.35. The van der Waals surface area contributed by atoms with Gasteiger partial charge in [-0.15, -0.1) is 0 Å². The Hall–Kier alpha value is -1.72. The number of likely N-dealkylation sites (N-methyl/N-ethyl adjacent to an activating group) is 1. The van der Waals surface area contributed by atoms with Gasteiger partial charge in [-0.25, -0.2) is 0 Å². The summed E-state index contributed by atoms with van der Waals surface area (Å²) in [6.45, 7) is 1.33. The topological polar surface area (TPSA) is 63.0 Å². The molecule has 0 saturated carbocycles. The molecule has 0 aromatic heterocycles. The number of hydrogen-bond acceptors (Lipinski definition) is 4. The number of hydrogen-bond donors (Lipinski definition) is 1. The van der Waals surface area contributed by atoms with Crippen molar-refractivity contribution < 1.29 is 24.3 Å². The first-order chi connectivity index (χ1) is 9.43. The van der Waals surface area contributed by atoms with Gasteiger partial charge in [-0.3, -0.25) is 0 Å². The number of quaternary nitrogens is 1. The minimum absolute atomic E-state index is 0.371. The third-order valence-corrected chi connectivity index (χ3v) is 2.79. The highest BCUT2D eigenvalue weighted by Crippen LogP contribution is 2.36. The maximum absolute atomic E-state index is 10.4. The molecule has 0 aliphatic carbocycles. The lowest BCUT2D eigenvalue weighted by molar-refractivity contribution is -0.858. The van der Waals surface area contributed by atoms with Gasteiger partial charge in [-0.05, 0) is 23.8 Å². The number of rotatable bonds is 7. The largest absolute Gasteiger partial charge is 0.545 e. The molecule has 0 heterocycles. The van der Waals surface area contributed by atoms with E-state index in [1.165, 1.54) is 18.1 Å². The molecule has 5 nitrogen and oxygen atoms in total. The van der Waals surface area contributed by atoms with Gasteiger partial charge in [0.2, 0.25) is 0 Å². The third-order valence-electron chi connectivity index (χ3n) is 2.51. The van der Waals surface area contributed by atoms with E-state index in [2.05, 4.69) is 0 Å². The van der Waals surface area contributed by atoms with E-state index in [-0.39, 0.29) is 0 Å².